The number of carbonyl (C=O) groups excluding carboxylic acids is 1. The van der Waals surface area contributed by atoms with Crippen LogP contribution in [0.3, 0.4) is 0 Å². The molecule has 0 radical (unpaired) electrons. The van der Waals surface area contributed by atoms with Crippen LogP contribution >= 0.6 is 0 Å². The first-order valence-electron chi connectivity index (χ1n) is 9.69. The summed E-state index contributed by atoms with van der Waals surface area (Å²) >= 11 is 0. The molecule has 1 heterocycles. The first-order chi connectivity index (χ1) is 13.9. The lowest BCUT2D eigenvalue weighted by molar-refractivity contribution is -0.384. The van der Waals surface area contributed by atoms with Gasteiger partial charge in [-0.05, 0) is 42.4 Å². The second kappa shape index (κ2) is 7.35. The lowest BCUT2D eigenvalue weighted by Gasteiger charge is -2.15. The molecular weight excluding hydrogens is 374 g/mol. The maximum Gasteiger partial charge on any atom is 0.270 e. The zero-order valence-electron chi connectivity index (χ0n) is 16.4. The monoisotopic (exact) mass is 397 g/mol. The number of ether oxygens (including phenoxy) is 1. The van der Waals surface area contributed by atoms with Crippen LogP contribution in [0.2, 0.25) is 0 Å². The first-order valence-corrected chi connectivity index (χ1v) is 9.69. The second-order valence-electron chi connectivity index (χ2n) is 7.91. The summed E-state index contributed by atoms with van der Waals surface area (Å²) in [6.07, 6.45) is 6.04. The molecule has 0 aliphatic heterocycles. The second-order valence-corrected chi connectivity index (χ2v) is 7.91. The maximum atomic E-state index is 12.4. The normalized spacial score (nSPS) is 25.4. The fourth-order valence-electron chi connectivity index (χ4n) is 4.65. The number of hydrazone groups is 1. The Hall–Kier alpha value is -3.16. The molecule has 2 aliphatic carbocycles. The van der Waals surface area contributed by atoms with E-state index in [-0.39, 0.29) is 22.9 Å². The molecule has 4 rings (SSSR count). The molecule has 0 unspecified atom stereocenters. The van der Waals surface area contributed by atoms with E-state index in [1.165, 1.54) is 44.4 Å². The third-order valence-electron chi connectivity index (χ3n) is 6.27. The SMILES string of the molecule is COc1ccc([N+](=O)[O-])cc1-c1ccc(/C=N\NC(=O)[C@@H]2[C@H]3CCCC[C@]32C)o1. The van der Waals surface area contributed by atoms with Crippen LogP contribution in [0.25, 0.3) is 11.3 Å². The van der Waals surface area contributed by atoms with Gasteiger partial charge in [-0.1, -0.05) is 19.8 Å². The Morgan fingerprint density at radius 1 is 1.38 bits per heavy atom. The van der Waals surface area contributed by atoms with Crippen molar-refractivity contribution in [2.75, 3.05) is 7.11 Å². The number of rotatable bonds is 6. The smallest absolute Gasteiger partial charge is 0.270 e. The summed E-state index contributed by atoms with van der Waals surface area (Å²) in [5, 5.41) is 15.1. The molecule has 0 bridgehead atoms. The van der Waals surface area contributed by atoms with Gasteiger partial charge in [-0.25, -0.2) is 5.43 Å². The summed E-state index contributed by atoms with van der Waals surface area (Å²) in [4.78, 5) is 23.0. The van der Waals surface area contributed by atoms with Crippen molar-refractivity contribution in [3.05, 3.63) is 46.2 Å². The summed E-state index contributed by atoms with van der Waals surface area (Å²) in [6.45, 7) is 2.19. The molecule has 0 spiro atoms. The predicted molar refractivity (Wildman–Crippen MR) is 107 cm³/mol. The largest absolute Gasteiger partial charge is 0.496 e. The van der Waals surface area contributed by atoms with E-state index < -0.39 is 4.92 Å². The zero-order valence-corrected chi connectivity index (χ0v) is 16.4. The molecule has 2 aliphatic rings. The average Bonchev–Trinajstić information content (AvgIpc) is 3.08. The third-order valence-corrected chi connectivity index (χ3v) is 6.27. The summed E-state index contributed by atoms with van der Waals surface area (Å²) in [7, 11) is 1.49. The van der Waals surface area contributed by atoms with Crippen molar-refractivity contribution < 1.29 is 18.9 Å². The number of fused-ring (bicyclic) bond motifs is 1. The number of nitrogens with zero attached hydrogens (tertiary/aromatic N) is 2. The number of methoxy groups -OCH3 is 1. The van der Waals surface area contributed by atoms with Gasteiger partial charge in [0, 0.05) is 18.1 Å². The van der Waals surface area contributed by atoms with Gasteiger partial charge in [-0.2, -0.15) is 5.10 Å². The van der Waals surface area contributed by atoms with Gasteiger partial charge in [-0.3, -0.25) is 14.9 Å². The van der Waals surface area contributed by atoms with E-state index in [9.17, 15) is 14.9 Å². The lowest BCUT2D eigenvalue weighted by atomic mass is 9.90. The molecule has 8 heteroatoms. The van der Waals surface area contributed by atoms with Crippen LogP contribution in [0.15, 0.2) is 39.9 Å². The summed E-state index contributed by atoms with van der Waals surface area (Å²) in [5.74, 6) is 1.79. The molecule has 2 fully saturated rings. The molecular formula is C21H23N3O5. The Morgan fingerprint density at radius 3 is 2.90 bits per heavy atom. The van der Waals surface area contributed by atoms with E-state index in [0.717, 1.165) is 12.8 Å². The molecule has 1 amide bonds. The van der Waals surface area contributed by atoms with Crippen molar-refractivity contribution in [2.24, 2.45) is 22.4 Å². The number of nitrogens with one attached hydrogen (secondary N) is 1. The van der Waals surface area contributed by atoms with Crippen LogP contribution in [0.5, 0.6) is 5.75 Å². The van der Waals surface area contributed by atoms with Crippen molar-refractivity contribution in [3.8, 4) is 17.1 Å². The highest BCUT2D eigenvalue weighted by Crippen LogP contribution is 2.66. The van der Waals surface area contributed by atoms with Crippen LogP contribution in [-0.4, -0.2) is 24.2 Å². The molecule has 8 nitrogen and oxygen atoms in total. The Labute approximate surface area is 168 Å². The highest BCUT2D eigenvalue weighted by atomic mass is 16.6. The van der Waals surface area contributed by atoms with E-state index in [4.69, 9.17) is 9.15 Å². The number of carbonyl (C=O) groups is 1. The molecule has 2 aromatic rings. The molecule has 152 valence electrons. The van der Waals surface area contributed by atoms with E-state index in [1.807, 2.05) is 0 Å². The molecule has 1 aromatic carbocycles. The Balaban J connectivity index is 1.44. The minimum atomic E-state index is -0.472. The fraction of sp³-hybridized carbons (Fsp3) is 0.429. The summed E-state index contributed by atoms with van der Waals surface area (Å²) in [5.41, 5.74) is 3.18. The van der Waals surface area contributed by atoms with Crippen LogP contribution in [-0.2, 0) is 4.79 Å². The van der Waals surface area contributed by atoms with Gasteiger partial charge in [0.1, 0.15) is 17.3 Å². The maximum absolute atomic E-state index is 12.4. The molecule has 0 saturated heterocycles. The van der Waals surface area contributed by atoms with E-state index >= 15 is 0 Å². The number of hydrogen-bond donors (Lipinski definition) is 1. The number of nitro groups is 1. The minimum Gasteiger partial charge on any atom is -0.496 e. The van der Waals surface area contributed by atoms with E-state index in [2.05, 4.69) is 17.5 Å². The lowest BCUT2D eigenvalue weighted by Crippen LogP contribution is -2.22. The van der Waals surface area contributed by atoms with Crippen molar-refractivity contribution in [3.63, 3.8) is 0 Å². The highest BCUT2D eigenvalue weighted by Gasteiger charge is 2.64. The number of benzene rings is 1. The Kier molecular flexibility index (Phi) is 4.86. The van der Waals surface area contributed by atoms with E-state index in [0.29, 0.717) is 28.8 Å². The predicted octanol–water partition coefficient (Wildman–Crippen LogP) is 4.14. The first kappa shape index (κ1) is 19.2. The van der Waals surface area contributed by atoms with Crippen molar-refractivity contribution in [1.82, 2.24) is 5.43 Å². The zero-order chi connectivity index (χ0) is 20.6. The van der Waals surface area contributed by atoms with E-state index in [1.54, 1.807) is 12.1 Å². The quantitative estimate of drug-likeness (QED) is 0.448. The standard InChI is InChI=1S/C21H23N3O5/c1-21-10-4-3-5-16(21)19(21)20(25)23-22-12-14-7-9-18(29-14)15-11-13(24(26)27)6-8-17(15)28-2/h6-9,11-12,16,19H,3-5,10H2,1-2H3,(H,23,25)/b22-12-/t16-,19+,21-/m1/s1. The topological polar surface area (TPSA) is 107 Å². The van der Waals surface area contributed by atoms with Crippen LogP contribution < -0.4 is 10.2 Å². The molecule has 1 aromatic heterocycles. The summed E-state index contributed by atoms with van der Waals surface area (Å²) in [6, 6.07) is 7.66. The van der Waals surface area contributed by atoms with Crippen LogP contribution in [0.4, 0.5) is 5.69 Å². The van der Waals surface area contributed by atoms with Crippen LogP contribution in [0, 0.1) is 27.4 Å². The van der Waals surface area contributed by atoms with Crippen molar-refractivity contribution in [2.45, 2.75) is 32.6 Å². The van der Waals surface area contributed by atoms with Crippen LogP contribution in [0.1, 0.15) is 38.4 Å². The van der Waals surface area contributed by atoms with Gasteiger partial charge < -0.3 is 9.15 Å². The van der Waals surface area contributed by atoms with Crippen molar-refractivity contribution >= 4 is 17.8 Å². The molecule has 1 N–H and O–H groups in total. The van der Waals surface area contributed by atoms with Gasteiger partial charge in [0.25, 0.3) is 5.69 Å². The highest BCUT2D eigenvalue weighted by molar-refractivity contribution is 5.85. The van der Waals surface area contributed by atoms with Crippen molar-refractivity contribution in [1.29, 1.82) is 0 Å². The average molecular weight is 397 g/mol. The van der Waals surface area contributed by atoms with Gasteiger partial charge in [0.2, 0.25) is 5.91 Å². The fourth-order valence-corrected chi connectivity index (χ4v) is 4.65. The van der Waals surface area contributed by atoms with Gasteiger partial charge in [0.05, 0.1) is 23.8 Å². The number of hydrogen-bond acceptors (Lipinski definition) is 6. The minimum absolute atomic E-state index is 0.0391. The van der Waals surface area contributed by atoms with Gasteiger partial charge >= 0.3 is 0 Å². The molecule has 3 atom stereocenters. The number of furan rings is 1. The molecule has 29 heavy (non-hydrogen) atoms. The number of non-ortho nitro benzene ring substituents is 1. The molecule has 2 saturated carbocycles. The van der Waals surface area contributed by atoms with Gasteiger partial charge in [0.15, 0.2) is 0 Å². The number of amides is 1. The Bertz CT molecular complexity index is 982. The van der Waals surface area contributed by atoms with Gasteiger partial charge in [-0.15, -0.1) is 0 Å². The number of nitro benzene ring substituents is 1. The summed E-state index contributed by atoms with van der Waals surface area (Å²) < 4.78 is 11.0. The third kappa shape index (κ3) is 3.50. The Morgan fingerprint density at radius 2 is 2.21 bits per heavy atom.